The molecule has 0 spiro atoms. The van der Waals surface area contributed by atoms with Crippen molar-refractivity contribution in [3.05, 3.63) is 35.2 Å². The van der Waals surface area contributed by atoms with Crippen LogP contribution in [-0.2, 0) is 10.3 Å². The summed E-state index contributed by atoms with van der Waals surface area (Å²) in [7, 11) is 0. The predicted molar refractivity (Wildman–Crippen MR) is 111 cm³/mol. The van der Waals surface area contributed by atoms with Gasteiger partial charge >= 0.3 is 12.1 Å². The number of alkyl halides is 3. The van der Waals surface area contributed by atoms with E-state index in [-0.39, 0.29) is 17.9 Å². The number of carboxylic acid groups (broad SMARTS) is 1. The molecule has 2 heterocycles. The first kappa shape index (κ1) is 23.9. The molecule has 2 amide bonds. The maximum Gasteiger partial charge on any atom is 0.490 e. The van der Waals surface area contributed by atoms with E-state index < -0.39 is 17.7 Å². The lowest BCUT2D eigenvalue weighted by molar-refractivity contribution is -0.192. The van der Waals surface area contributed by atoms with Gasteiger partial charge in [0.2, 0.25) is 0 Å². The van der Waals surface area contributed by atoms with Crippen molar-refractivity contribution in [1.29, 1.82) is 0 Å². The van der Waals surface area contributed by atoms with Crippen LogP contribution in [0.15, 0.2) is 22.7 Å². The van der Waals surface area contributed by atoms with Crippen LogP contribution < -0.4 is 5.73 Å². The van der Waals surface area contributed by atoms with Gasteiger partial charge in [0.15, 0.2) is 5.82 Å². The maximum atomic E-state index is 12.9. The smallest absolute Gasteiger partial charge is 0.475 e. The van der Waals surface area contributed by atoms with Gasteiger partial charge < -0.3 is 15.4 Å². The van der Waals surface area contributed by atoms with Crippen LogP contribution in [0.1, 0.15) is 77.9 Å². The molecule has 5 rings (SSSR count). The Kier molecular flexibility index (Phi) is 6.19. The average molecular weight is 480 g/mol. The monoisotopic (exact) mass is 480 g/mol. The molecular formula is C22H23F3N4O5. The summed E-state index contributed by atoms with van der Waals surface area (Å²) < 4.78 is 37.1. The summed E-state index contributed by atoms with van der Waals surface area (Å²) in [4.78, 5) is 40.5. The van der Waals surface area contributed by atoms with Gasteiger partial charge in [-0.05, 0) is 50.3 Å². The molecule has 12 heteroatoms. The molecule has 3 N–H and O–H groups in total. The van der Waals surface area contributed by atoms with Crippen LogP contribution in [0.2, 0.25) is 0 Å². The van der Waals surface area contributed by atoms with Crippen LogP contribution in [0.25, 0.3) is 11.5 Å². The third kappa shape index (κ3) is 4.41. The third-order valence-corrected chi connectivity index (χ3v) is 6.46. The highest BCUT2D eigenvalue weighted by Crippen LogP contribution is 2.38. The summed E-state index contributed by atoms with van der Waals surface area (Å²) in [6.45, 7) is 0. The second-order valence-corrected chi connectivity index (χ2v) is 8.77. The Morgan fingerprint density at radius 1 is 1.09 bits per heavy atom. The number of benzene rings is 1. The average Bonchev–Trinajstić information content (AvgIpc) is 3.36. The molecule has 0 bridgehead atoms. The first-order valence-corrected chi connectivity index (χ1v) is 11.0. The van der Waals surface area contributed by atoms with Gasteiger partial charge in [0.05, 0.1) is 16.7 Å². The van der Waals surface area contributed by atoms with Crippen LogP contribution in [0.3, 0.4) is 0 Å². The summed E-state index contributed by atoms with van der Waals surface area (Å²) >= 11 is 0. The number of carboxylic acids is 1. The van der Waals surface area contributed by atoms with Crippen molar-refractivity contribution in [2.75, 3.05) is 0 Å². The summed E-state index contributed by atoms with van der Waals surface area (Å²) in [6.07, 6.45) is 2.76. The molecule has 0 saturated heterocycles. The van der Waals surface area contributed by atoms with Gasteiger partial charge in [-0.2, -0.15) is 18.2 Å². The van der Waals surface area contributed by atoms with Gasteiger partial charge in [-0.3, -0.25) is 14.5 Å². The summed E-state index contributed by atoms with van der Waals surface area (Å²) in [6, 6.07) is 5.16. The Morgan fingerprint density at radius 3 is 2.26 bits per heavy atom. The van der Waals surface area contributed by atoms with Crippen LogP contribution in [0.5, 0.6) is 0 Å². The fourth-order valence-electron chi connectivity index (χ4n) is 4.39. The number of imide groups is 1. The molecule has 1 aromatic carbocycles. The SMILES string of the molecule is NC1(c2noc(-c3ccc4c(c3)C(=O)N(C3CCCCC3)C4=O)n2)CCC1.O=C(O)C(F)(F)F. The number of carbonyl (C=O) groups excluding carboxylic acids is 2. The van der Waals surface area contributed by atoms with Crippen LogP contribution in [0, 0.1) is 0 Å². The number of nitrogens with zero attached hydrogens (tertiary/aromatic N) is 3. The molecular weight excluding hydrogens is 457 g/mol. The number of amides is 2. The molecule has 9 nitrogen and oxygen atoms in total. The second kappa shape index (κ2) is 8.82. The zero-order valence-electron chi connectivity index (χ0n) is 18.1. The van der Waals surface area contributed by atoms with Gasteiger partial charge in [0.1, 0.15) is 0 Å². The van der Waals surface area contributed by atoms with E-state index in [1.807, 2.05) is 0 Å². The van der Waals surface area contributed by atoms with E-state index in [0.29, 0.717) is 28.4 Å². The van der Waals surface area contributed by atoms with Crippen molar-refractivity contribution >= 4 is 17.8 Å². The normalized spacial score (nSPS) is 19.8. The molecule has 2 saturated carbocycles. The number of nitrogens with two attached hydrogens (primary N) is 1. The number of carbonyl (C=O) groups is 3. The quantitative estimate of drug-likeness (QED) is 0.635. The van der Waals surface area contributed by atoms with Crippen molar-refractivity contribution in [3.8, 4) is 11.5 Å². The van der Waals surface area contributed by atoms with E-state index in [9.17, 15) is 22.8 Å². The van der Waals surface area contributed by atoms with E-state index in [0.717, 1.165) is 44.9 Å². The Bertz CT molecular complexity index is 1120. The lowest BCUT2D eigenvalue weighted by Crippen LogP contribution is -2.44. The summed E-state index contributed by atoms with van der Waals surface area (Å²) in [5.74, 6) is -2.31. The first-order valence-electron chi connectivity index (χ1n) is 11.0. The summed E-state index contributed by atoms with van der Waals surface area (Å²) in [5, 5.41) is 11.2. The molecule has 2 fully saturated rings. The number of aliphatic carboxylic acids is 1. The number of hydrogen-bond donors (Lipinski definition) is 2. The molecule has 0 atom stereocenters. The Balaban J connectivity index is 0.000000344. The van der Waals surface area contributed by atoms with E-state index in [2.05, 4.69) is 10.1 Å². The van der Waals surface area contributed by atoms with Gasteiger partial charge in [-0.1, -0.05) is 24.4 Å². The molecule has 0 radical (unpaired) electrons. The van der Waals surface area contributed by atoms with Crippen LogP contribution in [0.4, 0.5) is 13.2 Å². The van der Waals surface area contributed by atoms with E-state index in [1.165, 1.54) is 11.3 Å². The lowest BCUT2D eigenvalue weighted by atomic mass is 9.77. The number of rotatable bonds is 3. The van der Waals surface area contributed by atoms with Crippen LogP contribution >= 0.6 is 0 Å². The van der Waals surface area contributed by atoms with E-state index >= 15 is 0 Å². The van der Waals surface area contributed by atoms with Crippen molar-refractivity contribution in [2.24, 2.45) is 5.73 Å². The molecule has 34 heavy (non-hydrogen) atoms. The van der Waals surface area contributed by atoms with Crippen molar-refractivity contribution in [3.63, 3.8) is 0 Å². The van der Waals surface area contributed by atoms with Gasteiger partial charge in [-0.15, -0.1) is 0 Å². The molecule has 1 aliphatic heterocycles. The Morgan fingerprint density at radius 2 is 1.71 bits per heavy atom. The minimum Gasteiger partial charge on any atom is -0.475 e. The number of halogens is 3. The molecule has 2 aliphatic carbocycles. The molecule has 3 aliphatic rings. The second-order valence-electron chi connectivity index (χ2n) is 8.77. The highest BCUT2D eigenvalue weighted by molar-refractivity contribution is 6.22. The fraction of sp³-hybridized carbons (Fsp3) is 0.500. The molecule has 2 aromatic rings. The zero-order valence-corrected chi connectivity index (χ0v) is 18.1. The van der Waals surface area contributed by atoms with Crippen molar-refractivity contribution in [1.82, 2.24) is 15.0 Å². The minimum absolute atomic E-state index is 0.0142. The number of hydrogen-bond acceptors (Lipinski definition) is 7. The Labute approximate surface area is 192 Å². The fourth-order valence-corrected chi connectivity index (χ4v) is 4.39. The maximum absolute atomic E-state index is 12.9. The van der Waals surface area contributed by atoms with Crippen molar-refractivity contribution in [2.45, 2.75) is 69.1 Å². The van der Waals surface area contributed by atoms with E-state index in [4.69, 9.17) is 20.2 Å². The number of aromatic nitrogens is 2. The first-order chi connectivity index (χ1) is 16.0. The number of fused-ring (bicyclic) bond motifs is 1. The molecule has 182 valence electrons. The summed E-state index contributed by atoms with van der Waals surface area (Å²) in [5.41, 5.74) is 7.29. The zero-order chi connectivity index (χ0) is 24.7. The highest BCUT2D eigenvalue weighted by Gasteiger charge is 2.42. The van der Waals surface area contributed by atoms with Gasteiger partial charge in [-0.25, -0.2) is 4.79 Å². The Hall–Kier alpha value is -3.28. The molecule has 0 unspecified atom stereocenters. The van der Waals surface area contributed by atoms with Crippen LogP contribution in [-0.4, -0.2) is 50.1 Å². The predicted octanol–water partition coefficient (Wildman–Crippen LogP) is 3.64. The third-order valence-electron chi connectivity index (χ3n) is 6.46. The van der Waals surface area contributed by atoms with Crippen molar-refractivity contribution < 1.29 is 37.2 Å². The largest absolute Gasteiger partial charge is 0.490 e. The molecule has 1 aromatic heterocycles. The highest BCUT2D eigenvalue weighted by atomic mass is 19.4. The van der Waals surface area contributed by atoms with Gasteiger partial charge in [0, 0.05) is 11.6 Å². The van der Waals surface area contributed by atoms with Gasteiger partial charge in [0.25, 0.3) is 17.7 Å². The standard InChI is InChI=1S/C20H22N4O3.C2HF3O2/c21-20(9-4-10-20)19-22-16(27-23-19)12-7-8-14-15(11-12)18(26)24(17(14)25)13-5-2-1-3-6-13;3-2(4,5)1(6)7/h7-8,11,13H,1-6,9-10,21H2;(H,6,7). The van der Waals surface area contributed by atoms with E-state index in [1.54, 1.807) is 18.2 Å². The topological polar surface area (TPSA) is 140 Å². The minimum atomic E-state index is -5.08. The lowest BCUT2D eigenvalue weighted by Gasteiger charge is -2.34.